The number of anilines is 1. The zero-order valence-electron chi connectivity index (χ0n) is 10.8. The molecule has 6 heteroatoms. The van der Waals surface area contributed by atoms with Crippen LogP contribution in [-0.4, -0.2) is 25.8 Å². The summed E-state index contributed by atoms with van der Waals surface area (Å²) in [6, 6.07) is 4.84. The first kappa shape index (κ1) is 14.8. The zero-order valence-corrected chi connectivity index (χ0v) is 13.2. The predicted octanol–water partition coefficient (Wildman–Crippen LogP) is 2.99. The second-order valence-corrected chi connectivity index (χ2v) is 7.62. The smallest absolute Gasteiger partial charge is 0.244 e. The van der Waals surface area contributed by atoms with Crippen LogP contribution in [0.25, 0.3) is 0 Å². The highest BCUT2D eigenvalue weighted by Gasteiger charge is 2.26. The van der Waals surface area contributed by atoms with Gasteiger partial charge in [0.15, 0.2) is 0 Å². The maximum absolute atomic E-state index is 12.6. The number of nitrogen functional groups attached to an aromatic ring is 1. The minimum absolute atomic E-state index is 0.308. The highest BCUT2D eigenvalue weighted by atomic mass is 79.9. The minimum Gasteiger partial charge on any atom is -0.399 e. The van der Waals surface area contributed by atoms with Gasteiger partial charge < -0.3 is 5.73 Å². The highest BCUT2D eigenvalue weighted by molar-refractivity contribution is 9.10. The zero-order chi connectivity index (χ0) is 13.9. The molecule has 1 heterocycles. The normalized spacial score (nSPS) is 18.8. The molecule has 19 heavy (non-hydrogen) atoms. The van der Waals surface area contributed by atoms with Gasteiger partial charge in [-0.05, 0) is 47.0 Å². The quantitative estimate of drug-likeness (QED) is 0.837. The van der Waals surface area contributed by atoms with Crippen LogP contribution in [0.15, 0.2) is 27.6 Å². The van der Waals surface area contributed by atoms with Gasteiger partial charge in [-0.3, -0.25) is 0 Å². The molecule has 1 fully saturated rings. The van der Waals surface area contributed by atoms with Gasteiger partial charge in [-0.2, -0.15) is 4.31 Å². The maximum Gasteiger partial charge on any atom is 0.244 e. The Kier molecular flexibility index (Phi) is 4.86. The predicted molar refractivity (Wildman–Crippen MR) is 80.4 cm³/mol. The number of rotatable bonds is 2. The topological polar surface area (TPSA) is 63.4 Å². The molecule has 1 saturated heterocycles. The van der Waals surface area contributed by atoms with Crippen LogP contribution in [-0.2, 0) is 10.0 Å². The molecule has 0 saturated carbocycles. The van der Waals surface area contributed by atoms with Gasteiger partial charge in [-0.15, -0.1) is 0 Å². The molecule has 0 aliphatic carbocycles. The monoisotopic (exact) mass is 346 g/mol. The maximum atomic E-state index is 12.6. The van der Waals surface area contributed by atoms with Crippen LogP contribution in [0, 0.1) is 0 Å². The van der Waals surface area contributed by atoms with E-state index in [2.05, 4.69) is 15.9 Å². The van der Waals surface area contributed by atoms with Crippen LogP contribution < -0.4 is 5.73 Å². The molecular formula is C13H19BrN2O2S. The minimum atomic E-state index is -3.42. The van der Waals surface area contributed by atoms with Crippen molar-refractivity contribution in [3.05, 3.63) is 22.7 Å². The molecule has 2 N–H and O–H groups in total. The van der Waals surface area contributed by atoms with Crippen LogP contribution in [0.4, 0.5) is 5.69 Å². The summed E-state index contributed by atoms with van der Waals surface area (Å²) >= 11 is 3.30. The standard InChI is InChI=1S/C13H19BrN2O2S/c14-12-10-11(15)6-7-13(12)19(17,18)16-8-4-2-1-3-5-9-16/h6-7,10H,1-5,8-9,15H2. The molecule has 1 aromatic rings. The molecule has 0 atom stereocenters. The van der Waals surface area contributed by atoms with Crippen molar-refractivity contribution >= 4 is 31.6 Å². The van der Waals surface area contributed by atoms with E-state index in [0.29, 0.717) is 28.1 Å². The molecule has 1 aliphatic heterocycles. The van der Waals surface area contributed by atoms with Gasteiger partial charge in [0.25, 0.3) is 0 Å². The number of halogens is 1. The Bertz CT molecular complexity index is 538. The van der Waals surface area contributed by atoms with Crippen LogP contribution >= 0.6 is 15.9 Å². The van der Waals surface area contributed by atoms with E-state index in [1.165, 1.54) is 6.42 Å². The number of nitrogens with two attached hydrogens (primary N) is 1. The van der Waals surface area contributed by atoms with Gasteiger partial charge in [0, 0.05) is 23.2 Å². The molecule has 0 aromatic heterocycles. The van der Waals surface area contributed by atoms with E-state index >= 15 is 0 Å². The Hall–Kier alpha value is -0.590. The molecule has 2 rings (SSSR count). The van der Waals surface area contributed by atoms with Gasteiger partial charge in [-0.25, -0.2) is 8.42 Å². The fourth-order valence-electron chi connectivity index (χ4n) is 2.32. The summed E-state index contributed by atoms with van der Waals surface area (Å²) < 4.78 is 27.4. The molecule has 0 amide bonds. The van der Waals surface area contributed by atoms with E-state index in [0.717, 1.165) is 25.7 Å². The van der Waals surface area contributed by atoms with E-state index in [1.807, 2.05) is 0 Å². The second-order valence-electron chi connectivity index (χ2n) is 4.86. The van der Waals surface area contributed by atoms with Gasteiger partial charge >= 0.3 is 0 Å². The third-order valence-corrected chi connectivity index (χ3v) is 6.26. The lowest BCUT2D eigenvalue weighted by atomic mass is 10.1. The van der Waals surface area contributed by atoms with Crippen molar-refractivity contribution in [2.45, 2.75) is 37.0 Å². The SMILES string of the molecule is Nc1ccc(S(=O)(=O)N2CCCCCCC2)c(Br)c1. The van der Waals surface area contributed by atoms with E-state index in [-0.39, 0.29) is 0 Å². The summed E-state index contributed by atoms with van der Waals surface area (Å²) in [4.78, 5) is 0.308. The number of benzene rings is 1. The third-order valence-electron chi connectivity index (χ3n) is 3.39. The number of nitrogens with zero attached hydrogens (tertiary/aromatic N) is 1. The van der Waals surface area contributed by atoms with Gasteiger partial charge in [0.2, 0.25) is 10.0 Å². The average Bonchev–Trinajstić information content (AvgIpc) is 2.26. The van der Waals surface area contributed by atoms with Crippen molar-refractivity contribution in [1.29, 1.82) is 0 Å². The molecule has 0 bridgehead atoms. The Morgan fingerprint density at radius 2 is 1.63 bits per heavy atom. The van der Waals surface area contributed by atoms with Gasteiger partial charge in [-0.1, -0.05) is 19.3 Å². The Morgan fingerprint density at radius 3 is 2.21 bits per heavy atom. The van der Waals surface area contributed by atoms with Crippen LogP contribution in [0.5, 0.6) is 0 Å². The summed E-state index contributed by atoms with van der Waals surface area (Å²) in [7, 11) is -3.42. The second kappa shape index (κ2) is 6.24. The lowest BCUT2D eigenvalue weighted by molar-refractivity contribution is 0.364. The summed E-state index contributed by atoms with van der Waals surface area (Å²) in [5.74, 6) is 0. The van der Waals surface area contributed by atoms with Crippen molar-refractivity contribution in [2.24, 2.45) is 0 Å². The van der Waals surface area contributed by atoms with E-state index in [9.17, 15) is 8.42 Å². The highest BCUT2D eigenvalue weighted by Crippen LogP contribution is 2.28. The fraction of sp³-hybridized carbons (Fsp3) is 0.538. The van der Waals surface area contributed by atoms with Crippen molar-refractivity contribution in [1.82, 2.24) is 4.31 Å². The first-order valence-electron chi connectivity index (χ1n) is 6.57. The average molecular weight is 347 g/mol. The molecule has 4 nitrogen and oxygen atoms in total. The molecule has 0 spiro atoms. The van der Waals surface area contributed by atoms with Gasteiger partial charge in [0.05, 0.1) is 4.90 Å². The number of hydrogen-bond donors (Lipinski definition) is 1. The van der Waals surface area contributed by atoms with E-state index in [1.54, 1.807) is 22.5 Å². The summed E-state index contributed by atoms with van der Waals surface area (Å²) in [6.07, 6.45) is 5.29. The molecule has 1 aromatic carbocycles. The van der Waals surface area contributed by atoms with Crippen LogP contribution in [0.2, 0.25) is 0 Å². The van der Waals surface area contributed by atoms with E-state index in [4.69, 9.17) is 5.73 Å². The van der Waals surface area contributed by atoms with Crippen molar-refractivity contribution in [3.8, 4) is 0 Å². The Labute approximate surface area is 123 Å². The van der Waals surface area contributed by atoms with Gasteiger partial charge in [0.1, 0.15) is 0 Å². The van der Waals surface area contributed by atoms with E-state index < -0.39 is 10.0 Å². The first-order valence-corrected chi connectivity index (χ1v) is 8.80. The lowest BCUT2D eigenvalue weighted by Gasteiger charge is -2.24. The van der Waals surface area contributed by atoms with Crippen molar-refractivity contribution in [3.63, 3.8) is 0 Å². The Balaban J connectivity index is 2.29. The third kappa shape index (κ3) is 3.49. The largest absolute Gasteiger partial charge is 0.399 e. The summed E-state index contributed by atoms with van der Waals surface area (Å²) in [5.41, 5.74) is 6.21. The fourth-order valence-corrected chi connectivity index (χ4v) is 4.90. The number of sulfonamides is 1. The molecule has 0 radical (unpaired) electrons. The van der Waals surface area contributed by atoms with Crippen molar-refractivity contribution in [2.75, 3.05) is 18.8 Å². The molecule has 106 valence electrons. The first-order chi connectivity index (χ1) is 9.01. The molecule has 1 aliphatic rings. The molecular weight excluding hydrogens is 328 g/mol. The lowest BCUT2D eigenvalue weighted by Crippen LogP contribution is -2.34. The van der Waals surface area contributed by atoms with Crippen LogP contribution in [0.1, 0.15) is 32.1 Å². The van der Waals surface area contributed by atoms with Crippen LogP contribution in [0.3, 0.4) is 0 Å². The Morgan fingerprint density at radius 1 is 1.05 bits per heavy atom. The van der Waals surface area contributed by atoms with Crippen molar-refractivity contribution < 1.29 is 8.42 Å². The molecule has 0 unspecified atom stereocenters. The number of hydrogen-bond acceptors (Lipinski definition) is 3. The summed E-state index contributed by atoms with van der Waals surface area (Å²) in [5, 5.41) is 0. The summed E-state index contributed by atoms with van der Waals surface area (Å²) in [6.45, 7) is 1.22.